The lowest BCUT2D eigenvalue weighted by Crippen LogP contribution is -2.51. The van der Waals surface area contributed by atoms with Gasteiger partial charge in [-0.05, 0) is 30.7 Å². The van der Waals surface area contributed by atoms with E-state index in [1.807, 2.05) is 30.3 Å². The third-order valence-corrected chi connectivity index (χ3v) is 6.23. The van der Waals surface area contributed by atoms with Crippen molar-refractivity contribution in [2.45, 2.75) is 44.4 Å². The van der Waals surface area contributed by atoms with Crippen LogP contribution in [0.15, 0.2) is 43.0 Å². The molecule has 1 saturated heterocycles. The van der Waals surface area contributed by atoms with Crippen LogP contribution in [0.4, 0.5) is 5.82 Å². The fourth-order valence-electron chi connectivity index (χ4n) is 4.56. The summed E-state index contributed by atoms with van der Waals surface area (Å²) in [6.45, 7) is 0.522. The molecule has 154 valence electrons. The van der Waals surface area contributed by atoms with E-state index in [9.17, 15) is 9.59 Å². The lowest BCUT2D eigenvalue weighted by molar-refractivity contribution is -0.142. The maximum atomic E-state index is 13.2. The predicted octanol–water partition coefficient (Wildman–Crippen LogP) is 1.10. The van der Waals surface area contributed by atoms with Crippen LogP contribution >= 0.6 is 0 Å². The summed E-state index contributed by atoms with van der Waals surface area (Å²) in [6, 6.07) is 9.47. The number of imidazole rings is 1. The standard InChI is InChI=1S/C21H23N7O2/c22-19-18-20(25-11-24-19)27(12-26-18)10-17(29)28-15-7-6-14(15)8-16(28)21(30)23-9-13-4-2-1-3-5-13/h1-5,11-12,14-16H,6-10H2,(H,23,30)(H2,22,24,25)/t14-,15-,16+/m1/s1. The summed E-state index contributed by atoms with van der Waals surface area (Å²) in [5, 5.41) is 3.00. The smallest absolute Gasteiger partial charge is 0.243 e. The number of carbonyl (C=O) groups is 2. The van der Waals surface area contributed by atoms with Crippen LogP contribution in [0.1, 0.15) is 24.8 Å². The van der Waals surface area contributed by atoms with Crippen LogP contribution in [0.5, 0.6) is 0 Å². The molecule has 2 aromatic heterocycles. The minimum Gasteiger partial charge on any atom is -0.382 e. The first-order chi connectivity index (χ1) is 14.6. The van der Waals surface area contributed by atoms with E-state index in [1.165, 1.54) is 6.33 Å². The number of rotatable bonds is 5. The van der Waals surface area contributed by atoms with Gasteiger partial charge in [0.15, 0.2) is 11.5 Å². The first-order valence-corrected chi connectivity index (χ1v) is 10.2. The zero-order chi connectivity index (χ0) is 20.7. The van der Waals surface area contributed by atoms with Gasteiger partial charge in [-0.1, -0.05) is 30.3 Å². The molecule has 0 bridgehead atoms. The van der Waals surface area contributed by atoms with Crippen LogP contribution in [0.2, 0.25) is 0 Å². The number of carbonyl (C=O) groups excluding carboxylic acids is 2. The van der Waals surface area contributed by atoms with Gasteiger partial charge >= 0.3 is 0 Å². The Labute approximate surface area is 173 Å². The Morgan fingerprint density at radius 1 is 1.13 bits per heavy atom. The largest absolute Gasteiger partial charge is 0.382 e. The maximum absolute atomic E-state index is 13.2. The van der Waals surface area contributed by atoms with E-state index >= 15 is 0 Å². The molecule has 1 saturated carbocycles. The first kappa shape index (κ1) is 18.5. The summed E-state index contributed by atoms with van der Waals surface area (Å²) in [5.74, 6) is 0.491. The number of hydrogen-bond acceptors (Lipinski definition) is 6. The minimum absolute atomic E-state index is 0.0681. The second-order valence-electron chi connectivity index (χ2n) is 7.96. The highest BCUT2D eigenvalue weighted by atomic mass is 16.2. The highest BCUT2D eigenvalue weighted by Crippen LogP contribution is 2.44. The molecule has 0 radical (unpaired) electrons. The molecular formula is C21H23N7O2. The van der Waals surface area contributed by atoms with E-state index in [-0.39, 0.29) is 30.2 Å². The molecule has 1 aliphatic heterocycles. The molecule has 0 unspecified atom stereocenters. The van der Waals surface area contributed by atoms with Crippen molar-refractivity contribution in [1.82, 2.24) is 29.7 Å². The van der Waals surface area contributed by atoms with E-state index in [0.29, 0.717) is 23.6 Å². The zero-order valence-corrected chi connectivity index (χ0v) is 16.4. The summed E-state index contributed by atoms with van der Waals surface area (Å²) >= 11 is 0. The van der Waals surface area contributed by atoms with Crippen LogP contribution in [0, 0.1) is 5.92 Å². The number of anilines is 1. The highest BCUT2D eigenvalue weighted by Gasteiger charge is 2.50. The third-order valence-electron chi connectivity index (χ3n) is 6.23. The molecule has 3 heterocycles. The van der Waals surface area contributed by atoms with Crippen molar-refractivity contribution in [2.75, 3.05) is 5.73 Å². The molecular weight excluding hydrogens is 382 g/mol. The Morgan fingerprint density at radius 3 is 2.73 bits per heavy atom. The molecule has 9 nitrogen and oxygen atoms in total. The van der Waals surface area contributed by atoms with Crippen molar-refractivity contribution >= 4 is 28.8 Å². The molecule has 2 fully saturated rings. The van der Waals surface area contributed by atoms with Gasteiger partial charge in [-0.15, -0.1) is 0 Å². The van der Waals surface area contributed by atoms with Crippen molar-refractivity contribution in [3.8, 4) is 0 Å². The quantitative estimate of drug-likeness (QED) is 0.656. The van der Waals surface area contributed by atoms with Gasteiger partial charge in [-0.3, -0.25) is 9.59 Å². The van der Waals surface area contributed by atoms with Gasteiger partial charge in [0, 0.05) is 12.6 Å². The van der Waals surface area contributed by atoms with Crippen molar-refractivity contribution in [2.24, 2.45) is 5.92 Å². The number of nitrogens with one attached hydrogen (secondary N) is 1. The number of aromatic nitrogens is 4. The maximum Gasteiger partial charge on any atom is 0.243 e. The van der Waals surface area contributed by atoms with Gasteiger partial charge in [-0.2, -0.15) is 0 Å². The Hall–Kier alpha value is -3.49. The number of nitrogens with zero attached hydrogens (tertiary/aromatic N) is 5. The molecule has 9 heteroatoms. The highest BCUT2D eigenvalue weighted by molar-refractivity contribution is 5.89. The van der Waals surface area contributed by atoms with E-state index in [1.54, 1.807) is 15.8 Å². The predicted molar refractivity (Wildman–Crippen MR) is 110 cm³/mol. The number of nitrogens with two attached hydrogens (primary N) is 1. The Morgan fingerprint density at radius 2 is 1.97 bits per heavy atom. The van der Waals surface area contributed by atoms with Crippen molar-refractivity contribution in [1.29, 1.82) is 0 Å². The third kappa shape index (κ3) is 3.16. The SMILES string of the molecule is Nc1ncnc2c1ncn2CC(=O)N1[C@@H]2CC[C@@H]2C[C@H]1C(=O)NCc1ccccc1. The summed E-state index contributed by atoms with van der Waals surface area (Å²) in [6.07, 6.45) is 5.63. The van der Waals surface area contributed by atoms with Gasteiger partial charge in [0.2, 0.25) is 11.8 Å². The van der Waals surface area contributed by atoms with Crippen molar-refractivity contribution in [3.05, 3.63) is 48.5 Å². The molecule has 3 N–H and O–H groups in total. The molecule has 0 spiro atoms. The van der Waals surface area contributed by atoms with Gasteiger partial charge in [-0.25, -0.2) is 15.0 Å². The van der Waals surface area contributed by atoms with Gasteiger partial charge in [0.1, 0.15) is 24.4 Å². The summed E-state index contributed by atoms with van der Waals surface area (Å²) in [5.41, 5.74) is 7.87. The van der Waals surface area contributed by atoms with E-state index in [0.717, 1.165) is 24.8 Å². The number of benzene rings is 1. The number of fused-ring (bicyclic) bond motifs is 2. The molecule has 2 amide bonds. The van der Waals surface area contributed by atoms with Crippen molar-refractivity contribution in [3.63, 3.8) is 0 Å². The second-order valence-corrected chi connectivity index (χ2v) is 7.96. The molecule has 3 atom stereocenters. The van der Waals surface area contributed by atoms with Crippen LogP contribution in [0.25, 0.3) is 11.2 Å². The van der Waals surface area contributed by atoms with Crippen LogP contribution in [-0.2, 0) is 22.7 Å². The number of amides is 2. The lowest BCUT2D eigenvalue weighted by atomic mass is 9.80. The Bertz CT molecular complexity index is 1100. The number of hydrogen-bond donors (Lipinski definition) is 2. The van der Waals surface area contributed by atoms with Gasteiger partial charge in [0.05, 0.1) is 6.33 Å². The Kier molecular flexibility index (Phi) is 4.57. The summed E-state index contributed by atoms with van der Waals surface area (Å²) in [7, 11) is 0. The summed E-state index contributed by atoms with van der Waals surface area (Å²) < 4.78 is 1.67. The minimum atomic E-state index is -0.437. The zero-order valence-electron chi connectivity index (χ0n) is 16.4. The normalized spacial score (nSPS) is 22.5. The molecule has 1 aliphatic carbocycles. The Balaban J connectivity index is 1.32. The van der Waals surface area contributed by atoms with E-state index < -0.39 is 6.04 Å². The molecule has 5 rings (SSSR count). The topological polar surface area (TPSA) is 119 Å². The summed E-state index contributed by atoms with van der Waals surface area (Å²) in [4.78, 5) is 40.3. The van der Waals surface area contributed by atoms with Crippen LogP contribution < -0.4 is 11.1 Å². The average molecular weight is 405 g/mol. The van der Waals surface area contributed by atoms with Gasteiger partial charge < -0.3 is 20.5 Å². The van der Waals surface area contributed by atoms with Crippen molar-refractivity contribution < 1.29 is 9.59 Å². The fraction of sp³-hybridized carbons (Fsp3) is 0.381. The van der Waals surface area contributed by atoms with Gasteiger partial charge in [0.25, 0.3) is 0 Å². The molecule has 3 aromatic rings. The lowest BCUT2D eigenvalue weighted by Gasteiger charge is -2.37. The van der Waals surface area contributed by atoms with Crippen LogP contribution in [0.3, 0.4) is 0 Å². The first-order valence-electron chi connectivity index (χ1n) is 10.2. The number of likely N-dealkylation sites (tertiary alicyclic amines) is 1. The second kappa shape index (κ2) is 7.40. The fourth-order valence-corrected chi connectivity index (χ4v) is 4.56. The molecule has 30 heavy (non-hydrogen) atoms. The van der Waals surface area contributed by atoms with E-state index in [2.05, 4.69) is 20.3 Å². The van der Waals surface area contributed by atoms with E-state index in [4.69, 9.17) is 5.73 Å². The molecule has 2 aliphatic rings. The monoisotopic (exact) mass is 405 g/mol. The van der Waals surface area contributed by atoms with Crippen LogP contribution in [-0.4, -0.2) is 48.3 Å². The molecule has 1 aromatic carbocycles. The number of nitrogen functional groups attached to an aromatic ring is 1. The average Bonchev–Trinajstić information content (AvgIpc) is 3.26.